The van der Waals surface area contributed by atoms with Crippen LogP contribution in [0.2, 0.25) is 0 Å². The number of aliphatic imine (C=N–C) groups is 1. The Balaban J connectivity index is 2.49. The molecule has 0 atom stereocenters. The third-order valence-corrected chi connectivity index (χ3v) is 2.06. The van der Waals surface area contributed by atoms with E-state index >= 15 is 0 Å². The highest BCUT2D eigenvalue weighted by Gasteiger charge is 1.98. The lowest BCUT2D eigenvalue weighted by Gasteiger charge is -2.05. The number of halogens is 1. The Morgan fingerprint density at radius 2 is 2.21 bits per heavy atom. The predicted molar refractivity (Wildman–Crippen MR) is 63.6 cm³/mol. The third kappa shape index (κ3) is 3.44. The van der Waals surface area contributed by atoms with Crippen molar-refractivity contribution >= 4 is 34.4 Å². The van der Waals surface area contributed by atoms with Crippen LogP contribution >= 0.6 is 22.6 Å². The van der Waals surface area contributed by atoms with Gasteiger partial charge in [-0.1, -0.05) is 0 Å². The minimum absolute atomic E-state index is 0.494. The first-order valence-corrected chi connectivity index (χ1v) is 5.05. The van der Waals surface area contributed by atoms with Gasteiger partial charge in [0.2, 0.25) is 11.8 Å². The van der Waals surface area contributed by atoms with E-state index in [1.807, 2.05) is 0 Å². The first-order valence-electron chi connectivity index (χ1n) is 3.97. The Labute approximate surface area is 96.2 Å². The highest BCUT2D eigenvalue weighted by Crippen LogP contribution is 2.02. The average molecular weight is 306 g/mol. The standard InChI is InChI=1S/C8H11IN4O/c1-10-7(14-2)5-13-8-11-3-6(9)4-12-8/h3-4H,5H2,1-2H3,(H,11,12,13)/b10-7-. The molecule has 5 nitrogen and oxygen atoms in total. The molecule has 0 spiro atoms. The molecule has 0 saturated heterocycles. The lowest BCUT2D eigenvalue weighted by Crippen LogP contribution is -2.16. The SMILES string of the molecule is C/N=C(/CNc1ncc(I)cn1)OC. The van der Waals surface area contributed by atoms with Gasteiger partial charge in [0, 0.05) is 23.0 Å². The Kier molecular flexibility index (Phi) is 4.57. The van der Waals surface area contributed by atoms with Crippen LogP contribution < -0.4 is 5.32 Å². The summed E-state index contributed by atoms with van der Waals surface area (Å²) in [7, 11) is 3.26. The molecule has 0 aromatic carbocycles. The van der Waals surface area contributed by atoms with Crippen molar-refractivity contribution in [3.63, 3.8) is 0 Å². The van der Waals surface area contributed by atoms with E-state index in [4.69, 9.17) is 4.74 Å². The van der Waals surface area contributed by atoms with Crippen LogP contribution in [0.4, 0.5) is 5.95 Å². The van der Waals surface area contributed by atoms with Crippen LogP contribution in [-0.4, -0.2) is 36.6 Å². The summed E-state index contributed by atoms with van der Waals surface area (Å²) < 4.78 is 5.98. The van der Waals surface area contributed by atoms with Crippen LogP contribution in [-0.2, 0) is 4.74 Å². The zero-order chi connectivity index (χ0) is 10.4. The van der Waals surface area contributed by atoms with E-state index < -0.39 is 0 Å². The molecule has 0 unspecified atom stereocenters. The number of nitrogens with zero attached hydrogens (tertiary/aromatic N) is 3. The van der Waals surface area contributed by atoms with Gasteiger partial charge in [0.1, 0.15) is 0 Å². The summed E-state index contributed by atoms with van der Waals surface area (Å²) in [6.45, 7) is 0.494. The molecule has 14 heavy (non-hydrogen) atoms. The van der Waals surface area contributed by atoms with Crippen LogP contribution in [0.25, 0.3) is 0 Å². The number of nitrogens with one attached hydrogen (secondary N) is 1. The maximum absolute atomic E-state index is 4.98. The van der Waals surface area contributed by atoms with Crippen molar-refractivity contribution in [2.75, 3.05) is 26.0 Å². The van der Waals surface area contributed by atoms with Crippen molar-refractivity contribution in [3.8, 4) is 0 Å². The van der Waals surface area contributed by atoms with Gasteiger partial charge in [0.15, 0.2) is 0 Å². The van der Waals surface area contributed by atoms with Crippen molar-refractivity contribution in [1.82, 2.24) is 9.97 Å². The number of anilines is 1. The zero-order valence-electron chi connectivity index (χ0n) is 7.99. The molecule has 0 amide bonds. The normalized spacial score (nSPS) is 11.2. The van der Waals surface area contributed by atoms with Gasteiger partial charge < -0.3 is 10.1 Å². The second-order valence-corrected chi connectivity index (χ2v) is 3.65. The first-order chi connectivity index (χ1) is 6.76. The molecular weight excluding hydrogens is 295 g/mol. The summed E-state index contributed by atoms with van der Waals surface area (Å²) >= 11 is 2.15. The summed E-state index contributed by atoms with van der Waals surface area (Å²) in [5.74, 6) is 1.19. The Bertz CT molecular complexity index is 312. The lowest BCUT2D eigenvalue weighted by molar-refractivity contribution is 0.396. The molecule has 0 aliphatic rings. The topological polar surface area (TPSA) is 59.4 Å². The highest BCUT2D eigenvalue weighted by molar-refractivity contribution is 14.1. The van der Waals surface area contributed by atoms with Crippen molar-refractivity contribution in [2.45, 2.75) is 0 Å². The summed E-state index contributed by atoms with van der Waals surface area (Å²) in [6.07, 6.45) is 3.48. The zero-order valence-corrected chi connectivity index (χ0v) is 10.1. The molecule has 0 radical (unpaired) electrons. The number of ether oxygens (including phenoxy) is 1. The molecule has 1 rings (SSSR count). The second kappa shape index (κ2) is 5.74. The van der Waals surface area contributed by atoms with Crippen LogP contribution in [0.5, 0.6) is 0 Å². The van der Waals surface area contributed by atoms with Crippen molar-refractivity contribution < 1.29 is 4.74 Å². The minimum atomic E-state index is 0.494. The molecule has 0 bridgehead atoms. The number of methoxy groups -OCH3 is 1. The lowest BCUT2D eigenvalue weighted by atomic mass is 10.6. The van der Waals surface area contributed by atoms with Crippen LogP contribution in [0.3, 0.4) is 0 Å². The smallest absolute Gasteiger partial charge is 0.223 e. The Morgan fingerprint density at radius 3 is 2.71 bits per heavy atom. The van der Waals surface area contributed by atoms with Gasteiger partial charge in [0.25, 0.3) is 0 Å². The molecule has 0 aliphatic heterocycles. The van der Waals surface area contributed by atoms with Crippen molar-refractivity contribution in [1.29, 1.82) is 0 Å². The van der Waals surface area contributed by atoms with E-state index in [0.717, 1.165) is 3.57 Å². The molecule has 0 fully saturated rings. The van der Waals surface area contributed by atoms with Gasteiger partial charge in [-0.3, -0.25) is 4.99 Å². The molecule has 0 saturated carbocycles. The number of aromatic nitrogens is 2. The second-order valence-electron chi connectivity index (χ2n) is 2.40. The fourth-order valence-corrected chi connectivity index (χ4v) is 1.08. The van der Waals surface area contributed by atoms with Gasteiger partial charge in [-0.05, 0) is 22.6 Å². The fourth-order valence-electron chi connectivity index (χ4n) is 0.801. The quantitative estimate of drug-likeness (QED) is 0.517. The molecule has 1 heterocycles. The maximum Gasteiger partial charge on any atom is 0.223 e. The first kappa shape index (κ1) is 11.2. The van der Waals surface area contributed by atoms with E-state index in [0.29, 0.717) is 18.4 Å². The number of rotatable bonds is 3. The molecule has 1 N–H and O–H groups in total. The number of hydrogen-bond acceptors (Lipinski definition) is 5. The summed E-state index contributed by atoms with van der Waals surface area (Å²) in [6, 6.07) is 0. The van der Waals surface area contributed by atoms with Crippen LogP contribution in [0.15, 0.2) is 17.4 Å². The van der Waals surface area contributed by atoms with E-state index in [1.165, 1.54) is 0 Å². The van der Waals surface area contributed by atoms with Gasteiger partial charge in [0.05, 0.1) is 13.7 Å². The highest BCUT2D eigenvalue weighted by atomic mass is 127. The largest absolute Gasteiger partial charge is 0.483 e. The maximum atomic E-state index is 4.98. The summed E-state index contributed by atoms with van der Waals surface area (Å²) in [4.78, 5) is 12.1. The molecule has 6 heteroatoms. The van der Waals surface area contributed by atoms with E-state index in [9.17, 15) is 0 Å². The molecule has 76 valence electrons. The van der Waals surface area contributed by atoms with Gasteiger partial charge >= 0.3 is 0 Å². The van der Waals surface area contributed by atoms with Crippen molar-refractivity contribution in [2.24, 2.45) is 4.99 Å². The van der Waals surface area contributed by atoms with Crippen molar-refractivity contribution in [3.05, 3.63) is 16.0 Å². The monoisotopic (exact) mass is 306 g/mol. The van der Waals surface area contributed by atoms with Gasteiger partial charge in [-0.25, -0.2) is 9.97 Å². The average Bonchev–Trinajstić information content (AvgIpc) is 2.22. The van der Waals surface area contributed by atoms with Crippen LogP contribution in [0.1, 0.15) is 0 Å². The van der Waals surface area contributed by atoms with Gasteiger partial charge in [-0.15, -0.1) is 0 Å². The molecule has 1 aromatic heterocycles. The molecule has 0 aliphatic carbocycles. The van der Waals surface area contributed by atoms with Gasteiger partial charge in [-0.2, -0.15) is 0 Å². The summed E-state index contributed by atoms with van der Waals surface area (Å²) in [5, 5.41) is 2.99. The third-order valence-electron chi connectivity index (χ3n) is 1.50. The van der Waals surface area contributed by atoms with E-state index in [2.05, 4.69) is 42.9 Å². The Morgan fingerprint density at radius 1 is 1.57 bits per heavy atom. The molecule has 1 aromatic rings. The minimum Gasteiger partial charge on any atom is -0.483 e. The predicted octanol–water partition coefficient (Wildman–Crippen LogP) is 1.17. The van der Waals surface area contributed by atoms with E-state index in [1.54, 1.807) is 26.6 Å². The summed E-state index contributed by atoms with van der Waals surface area (Å²) in [5.41, 5.74) is 0. The fraction of sp³-hybridized carbons (Fsp3) is 0.375. The number of hydrogen-bond donors (Lipinski definition) is 1. The molecular formula is C8H11IN4O. The van der Waals surface area contributed by atoms with E-state index in [-0.39, 0.29) is 0 Å². The Hall–Kier alpha value is -0.920. The van der Waals surface area contributed by atoms with Crippen LogP contribution in [0, 0.1) is 3.57 Å².